The summed E-state index contributed by atoms with van der Waals surface area (Å²) in [5, 5.41) is 1.45. The monoisotopic (exact) mass is 490 g/mol. The van der Waals surface area contributed by atoms with Crippen LogP contribution in [0.2, 0.25) is 10.3 Å². The van der Waals surface area contributed by atoms with Gasteiger partial charge >= 0.3 is 5.97 Å². The highest BCUT2D eigenvalue weighted by molar-refractivity contribution is 7.19. The lowest BCUT2D eigenvalue weighted by Crippen LogP contribution is -2.36. The number of ether oxygens (including phenoxy) is 2. The second kappa shape index (κ2) is 10.4. The lowest BCUT2D eigenvalue weighted by molar-refractivity contribution is -0.141. The maximum atomic E-state index is 12.1. The second-order valence-corrected chi connectivity index (χ2v) is 8.61. The van der Waals surface area contributed by atoms with Crippen LogP contribution in [0.15, 0.2) is 43.1 Å². The highest BCUT2D eigenvalue weighted by Crippen LogP contribution is 2.43. The predicted octanol–water partition coefficient (Wildman–Crippen LogP) is 4.68. The van der Waals surface area contributed by atoms with Gasteiger partial charge in [0.25, 0.3) is 0 Å². The van der Waals surface area contributed by atoms with Crippen molar-refractivity contribution < 1.29 is 14.3 Å². The molecule has 0 saturated carbocycles. The smallest absolute Gasteiger partial charge is 0.310 e. The summed E-state index contributed by atoms with van der Waals surface area (Å²) in [6, 6.07) is 7.32. The van der Waals surface area contributed by atoms with Crippen molar-refractivity contribution in [2.24, 2.45) is 0 Å². The van der Waals surface area contributed by atoms with Crippen molar-refractivity contribution in [1.82, 2.24) is 15.0 Å². The molecule has 0 atom stereocenters. The summed E-state index contributed by atoms with van der Waals surface area (Å²) in [5.41, 5.74) is 2.70. The van der Waals surface area contributed by atoms with E-state index in [-0.39, 0.29) is 24.3 Å². The number of esters is 1. The van der Waals surface area contributed by atoms with Crippen molar-refractivity contribution in [2.75, 3.05) is 37.8 Å². The number of nitrogens with zero attached hydrogens (tertiary/aromatic N) is 4. The highest BCUT2D eigenvalue weighted by Gasteiger charge is 2.24. The Balaban J connectivity index is 1.76. The van der Waals surface area contributed by atoms with Gasteiger partial charge in [-0.25, -0.2) is 15.0 Å². The number of anilines is 1. The first-order chi connectivity index (χ1) is 15.6. The van der Waals surface area contributed by atoms with E-state index in [9.17, 15) is 4.79 Å². The van der Waals surface area contributed by atoms with Crippen LogP contribution in [0.25, 0.3) is 21.8 Å². The maximum absolute atomic E-state index is 12.1. The van der Waals surface area contributed by atoms with E-state index in [0.29, 0.717) is 40.8 Å². The van der Waals surface area contributed by atoms with Crippen molar-refractivity contribution in [3.63, 3.8) is 0 Å². The fourth-order valence-electron chi connectivity index (χ4n) is 3.27. The van der Waals surface area contributed by atoms with Crippen molar-refractivity contribution >= 4 is 45.6 Å². The third kappa shape index (κ3) is 5.10. The van der Waals surface area contributed by atoms with Crippen LogP contribution in [0, 0.1) is 0 Å². The number of hydrogen-bond donors (Lipinski definition) is 0. The molecule has 0 bridgehead atoms. The molecule has 0 aliphatic carbocycles. The first kappa shape index (κ1) is 22.7. The molecular formula is C22H20Cl2N4O3S. The highest BCUT2D eigenvalue weighted by atomic mass is 35.5. The third-order valence-electron chi connectivity index (χ3n) is 4.79. The van der Waals surface area contributed by atoms with Crippen molar-refractivity contribution in [3.05, 3.63) is 59.0 Å². The maximum Gasteiger partial charge on any atom is 0.310 e. The Morgan fingerprint density at radius 2 is 2.06 bits per heavy atom. The predicted molar refractivity (Wildman–Crippen MR) is 126 cm³/mol. The van der Waals surface area contributed by atoms with Gasteiger partial charge in [0, 0.05) is 24.8 Å². The Morgan fingerprint density at radius 1 is 1.25 bits per heavy atom. The summed E-state index contributed by atoms with van der Waals surface area (Å²) >= 11 is 14.3. The first-order valence-electron chi connectivity index (χ1n) is 9.93. The molecule has 7 nitrogen and oxygen atoms in total. The fourth-order valence-corrected chi connectivity index (χ4v) is 4.81. The lowest BCUT2D eigenvalue weighted by Gasteiger charge is -2.26. The van der Waals surface area contributed by atoms with Crippen molar-refractivity contribution in [2.45, 2.75) is 6.42 Å². The molecule has 0 spiro atoms. The van der Waals surface area contributed by atoms with E-state index >= 15 is 0 Å². The van der Waals surface area contributed by atoms with Gasteiger partial charge in [-0.1, -0.05) is 53.8 Å². The van der Waals surface area contributed by atoms with E-state index < -0.39 is 0 Å². The Morgan fingerprint density at radius 3 is 2.81 bits per heavy atom. The quantitative estimate of drug-likeness (QED) is 0.270. The number of halogens is 2. The van der Waals surface area contributed by atoms with E-state index in [0.717, 1.165) is 23.1 Å². The zero-order valence-corrected chi connectivity index (χ0v) is 19.4. The molecule has 1 aliphatic heterocycles. The molecule has 10 heteroatoms. The van der Waals surface area contributed by atoms with Crippen LogP contribution in [0.5, 0.6) is 0 Å². The molecule has 1 aliphatic rings. The van der Waals surface area contributed by atoms with Gasteiger partial charge in [-0.05, 0) is 23.2 Å². The molecule has 0 unspecified atom stereocenters. The fraction of sp³-hybridized carbons (Fsp3) is 0.273. The number of benzene rings is 1. The molecule has 4 rings (SSSR count). The molecule has 3 heterocycles. The van der Waals surface area contributed by atoms with E-state index in [4.69, 9.17) is 37.7 Å². The summed E-state index contributed by atoms with van der Waals surface area (Å²) in [5.74, 6) is -0.376. The van der Waals surface area contributed by atoms with Gasteiger partial charge in [0.05, 0.1) is 40.9 Å². The van der Waals surface area contributed by atoms with Crippen LogP contribution in [-0.2, 0) is 20.7 Å². The number of aromatic nitrogens is 3. The average Bonchev–Trinajstić information content (AvgIpc) is 3.25. The Bertz CT molecular complexity index is 1130. The van der Waals surface area contributed by atoms with Crippen LogP contribution in [0.3, 0.4) is 0 Å². The molecule has 32 heavy (non-hydrogen) atoms. The molecule has 1 aromatic carbocycles. The average molecular weight is 491 g/mol. The van der Waals surface area contributed by atoms with Crippen LogP contribution in [0.4, 0.5) is 5.13 Å². The van der Waals surface area contributed by atoms with Crippen LogP contribution >= 0.6 is 34.5 Å². The molecule has 3 aromatic rings. The summed E-state index contributed by atoms with van der Waals surface area (Å²) in [6.45, 7) is 6.50. The summed E-state index contributed by atoms with van der Waals surface area (Å²) in [7, 11) is 0. The van der Waals surface area contributed by atoms with E-state index in [1.807, 2.05) is 12.1 Å². The number of carbonyl (C=O) groups is 1. The van der Waals surface area contributed by atoms with Crippen LogP contribution < -0.4 is 4.90 Å². The molecule has 2 aromatic heterocycles. The van der Waals surface area contributed by atoms with Gasteiger partial charge in [0.2, 0.25) is 5.28 Å². The second-order valence-electron chi connectivity index (χ2n) is 6.91. The summed E-state index contributed by atoms with van der Waals surface area (Å²) in [6.07, 6.45) is 3.18. The SMILES string of the molecule is C=CCOC(=O)Cc1cccc(-c2nc(N3CCOCC3)sc2-c2ccnc(Cl)n2)c1Cl. The van der Waals surface area contributed by atoms with Gasteiger partial charge in [-0.15, -0.1) is 0 Å². The molecule has 1 saturated heterocycles. The lowest BCUT2D eigenvalue weighted by atomic mass is 10.0. The van der Waals surface area contributed by atoms with Crippen LogP contribution in [0.1, 0.15) is 5.56 Å². The minimum Gasteiger partial charge on any atom is -0.461 e. The third-order valence-corrected chi connectivity index (χ3v) is 6.55. The minimum atomic E-state index is -0.376. The Hall–Kier alpha value is -2.52. The van der Waals surface area contributed by atoms with Gasteiger partial charge in [0.1, 0.15) is 6.61 Å². The molecule has 166 valence electrons. The number of rotatable bonds is 7. The number of carbonyl (C=O) groups excluding carboxylic acids is 1. The van der Waals surface area contributed by atoms with Gasteiger partial charge in [-0.2, -0.15) is 0 Å². The number of morpholine rings is 1. The molecular weight excluding hydrogens is 471 g/mol. The van der Waals surface area contributed by atoms with E-state index in [2.05, 4.69) is 21.4 Å². The number of hydrogen-bond acceptors (Lipinski definition) is 8. The first-order valence-corrected chi connectivity index (χ1v) is 11.5. The van der Waals surface area contributed by atoms with E-state index in [1.54, 1.807) is 18.3 Å². The van der Waals surface area contributed by atoms with Gasteiger partial charge in [-0.3, -0.25) is 4.79 Å². The van der Waals surface area contributed by atoms with Crippen molar-refractivity contribution in [1.29, 1.82) is 0 Å². The summed E-state index contributed by atoms with van der Waals surface area (Å²) in [4.78, 5) is 28.4. The zero-order chi connectivity index (χ0) is 22.5. The molecule has 0 amide bonds. The Labute approximate surface area is 199 Å². The largest absolute Gasteiger partial charge is 0.461 e. The molecule has 1 fully saturated rings. The number of thiazole rings is 1. The molecule has 0 N–H and O–H groups in total. The standard InChI is InChI=1S/C22H20Cl2N4O3S/c1-2-10-31-17(29)13-14-4-3-5-15(18(14)23)19-20(16-6-7-25-21(24)26-16)32-22(27-19)28-8-11-30-12-9-28/h2-7H,1,8-13H2. The topological polar surface area (TPSA) is 77.4 Å². The van der Waals surface area contributed by atoms with Gasteiger partial charge < -0.3 is 14.4 Å². The van der Waals surface area contributed by atoms with E-state index in [1.165, 1.54) is 17.4 Å². The Kier molecular flexibility index (Phi) is 7.36. The van der Waals surface area contributed by atoms with Gasteiger partial charge in [0.15, 0.2) is 5.13 Å². The van der Waals surface area contributed by atoms with Crippen molar-refractivity contribution in [3.8, 4) is 21.8 Å². The normalized spacial score (nSPS) is 13.8. The van der Waals surface area contributed by atoms with Crippen LogP contribution in [-0.4, -0.2) is 53.8 Å². The minimum absolute atomic E-state index is 0.0512. The zero-order valence-electron chi connectivity index (χ0n) is 17.1. The summed E-state index contributed by atoms with van der Waals surface area (Å²) < 4.78 is 10.6. The molecule has 0 radical (unpaired) electrons.